The number of phenols is 3. The van der Waals surface area contributed by atoms with Crippen LogP contribution in [0.2, 0.25) is 0 Å². The summed E-state index contributed by atoms with van der Waals surface area (Å²) >= 11 is 0. The van der Waals surface area contributed by atoms with E-state index in [0.717, 1.165) is 62.1 Å². The first-order valence-corrected chi connectivity index (χ1v) is 12.1. The molecule has 0 unspecified atom stereocenters. The zero-order valence-corrected chi connectivity index (χ0v) is 19.7. The number of rotatable bonds is 13. The number of carbonyl (C=O) groups is 1. The minimum absolute atomic E-state index is 0.0862. The summed E-state index contributed by atoms with van der Waals surface area (Å²) in [6.07, 6.45) is 8.83. The smallest absolute Gasteiger partial charge is 0.339 e. The van der Waals surface area contributed by atoms with Crippen LogP contribution >= 0.6 is 0 Å². The third-order valence-corrected chi connectivity index (χ3v) is 6.09. The second-order valence-corrected chi connectivity index (χ2v) is 8.74. The normalized spacial score (nSPS) is 11.1. The van der Waals surface area contributed by atoms with E-state index in [0.29, 0.717) is 24.3 Å². The van der Waals surface area contributed by atoms with Crippen LogP contribution in [-0.2, 0) is 12.8 Å². The first kappa shape index (κ1) is 25.2. The standard InChI is InChI=1S/C28H34O6/c1-2-9-22-26(14-13-23(27(22)31)28(32)33)34-15-8-6-4-3-5-7-10-19-11-12-20-17-24(29)25(30)18-21(20)16-19/h11-14,16-18,29-31H,2-10,15H2,1H3,(H,32,33). The average Bonchev–Trinajstić information content (AvgIpc) is 2.80. The van der Waals surface area contributed by atoms with E-state index in [9.17, 15) is 25.2 Å². The quantitative estimate of drug-likeness (QED) is 0.168. The molecule has 0 heterocycles. The number of hydrogen-bond donors (Lipinski definition) is 4. The molecule has 34 heavy (non-hydrogen) atoms. The highest BCUT2D eigenvalue weighted by Crippen LogP contribution is 2.33. The molecule has 0 saturated heterocycles. The number of carboxylic acid groups (broad SMARTS) is 1. The Morgan fingerprint density at radius 3 is 2.18 bits per heavy atom. The molecule has 182 valence electrons. The highest BCUT2D eigenvalue weighted by Gasteiger charge is 2.17. The van der Waals surface area contributed by atoms with Crippen molar-refractivity contribution in [3.05, 3.63) is 59.2 Å². The van der Waals surface area contributed by atoms with Crippen LogP contribution in [0.3, 0.4) is 0 Å². The van der Waals surface area contributed by atoms with E-state index in [-0.39, 0.29) is 22.8 Å². The Kier molecular flexibility index (Phi) is 9.02. The summed E-state index contributed by atoms with van der Waals surface area (Å²) in [5.41, 5.74) is 1.71. The molecule has 0 spiro atoms. The van der Waals surface area contributed by atoms with Gasteiger partial charge < -0.3 is 25.2 Å². The monoisotopic (exact) mass is 466 g/mol. The molecule has 0 aromatic heterocycles. The number of hydrogen-bond acceptors (Lipinski definition) is 5. The first-order valence-electron chi connectivity index (χ1n) is 12.1. The minimum Gasteiger partial charge on any atom is -0.507 e. The van der Waals surface area contributed by atoms with Crippen molar-refractivity contribution in [2.24, 2.45) is 0 Å². The van der Waals surface area contributed by atoms with Crippen molar-refractivity contribution in [3.63, 3.8) is 0 Å². The molecule has 0 bridgehead atoms. The summed E-state index contributed by atoms with van der Waals surface area (Å²) in [7, 11) is 0. The number of aromatic carboxylic acids is 1. The maximum Gasteiger partial charge on any atom is 0.339 e. The van der Waals surface area contributed by atoms with Crippen LogP contribution in [0.4, 0.5) is 0 Å². The summed E-state index contributed by atoms with van der Waals surface area (Å²) in [5.74, 6) is -0.941. The van der Waals surface area contributed by atoms with Gasteiger partial charge in [-0.25, -0.2) is 4.79 Å². The molecule has 0 aliphatic heterocycles. The Labute approximate surface area is 200 Å². The van der Waals surface area contributed by atoms with Crippen molar-refractivity contribution in [1.82, 2.24) is 0 Å². The summed E-state index contributed by atoms with van der Waals surface area (Å²) in [4.78, 5) is 11.2. The fraction of sp³-hybridized carbons (Fsp3) is 0.393. The molecule has 0 atom stereocenters. The predicted molar refractivity (Wildman–Crippen MR) is 133 cm³/mol. The van der Waals surface area contributed by atoms with Crippen LogP contribution in [0.5, 0.6) is 23.0 Å². The molecule has 3 aromatic carbocycles. The van der Waals surface area contributed by atoms with Gasteiger partial charge in [-0.3, -0.25) is 0 Å². The summed E-state index contributed by atoms with van der Waals surface area (Å²) in [6.45, 7) is 2.52. The Balaban J connectivity index is 1.35. The second-order valence-electron chi connectivity index (χ2n) is 8.74. The summed E-state index contributed by atoms with van der Waals surface area (Å²) in [5, 5.41) is 40.6. The number of carboxylic acids is 1. The maximum atomic E-state index is 11.2. The van der Waals surface area contributed by atoms with Crippen molar-refractivity contribution in [1.29, 1.82) is 0 Å². The molecule has 6 nitrogen and oxygen atoms in total. The molecular weight excluding hydrogens is 432 g/mol. The van der Waals surface area contributed by atoms with Crippen LogP contribution in [0.15, 0.2) is 42.5 Å². The number of aromatic hydroxyl groups is 3. The summed E-state index contributed by atoms with van der Waals surface area (Å²) < 4.78 is 5.86. The Morgan fingerprint density at radius 2 is 1.47 bits per heavy atom. The number of fused-ring (bicyclic) bond motifs is 1. The van der Waals surface area contributed by atoms with E-state index in [1.165, 1.54) is 11.6 Å². The highest BCUT2D eigenvalue weighted by molar-refractivity contribution is 5.91. The molecule has 0 radical (unpaired) electrons. The predicted octanol–water partition coefficient (Wildman–Crippen LogP) is 6.57. The average molecular weight is 467 g/mol. The fourth-order valence-corrected chi connectivity index (χ4v) is 4.22. The van der Waals surface area contributed by atoms with Gasteiger partial charge in [-0.15, -0.1) is 0 Å². The van der Waals surface area contributed by atoms with Crippen molar-refractivity contribution < 1.29 is 30.0 Å². The SMILES string of the molecule is CCCc1c(OCCCCCCCCc2ccc3cc(O)c(O)cc3c2)ccc(C(=O)O)c1O. The van der Waals surface area contributed by atoms with E-state index in [2.05, 4.69) is 12.1 Å². The molecule has 0 fully saturated rings. The number of ether oxygens (including phenoxy) is 1. The lowest BCUT2D eigenvalue weighted by Crippen LogP contribution is -2.04. The van der Waals surface area contributed by atoms with Crippen molar-refractivity contribution in [3.8, 4) is 23.0 Å². The van der Waals surface area contributed by atoms with Crippen molar-refractivity contribution in [2.75, 3.05) is 6.61 Å². The Morgan fingerprint density at radius 1 is 0.794 bits per heavy atom. The van der Waals surface area contributed by atoms with Crippen molar-refractivity contribution >= 4 is 16.7 Å². The lowest BCUT2D eigenvalue weighted by atomic mass is 10.0. The number of aryl methyl sites for hydroxylation is 1. The van der Waals surface area contributed by atoms with Gasteiger partial charge in [-0.1, -0.05) is 57.2 Å². The van der Waals surface area contributed by atoms with Crippen molar-refractivity contribution in [2.45, 2.75) is 64.7 Å². The van der Waals surface area contributed by atoms with Gasteiger partial charge in [0.25, 0.3) is 0 Å². The van der Waals surface area contributed by atoms with Gasteiger partial charge in [0.1, 0.15) is 17.1 Å². The zero-order chi connectivity index (χ0) is 24.5. The van der Waals surface area contributed by atoms with Crippen LogP contribution in [-0.4, -0.2) is 33.0 Å². The van der Waals surface area contributed by atoms with E-state index in [1.54, 1.807) is 18.2 Å². The molecule has 3 aromatic rings. The molecular formula is C28H34O6. The molecule has 0 aliphatic rings. The minimum atomic E-state index is -1.14. The third-order valence-electron chi connectivity index (χ3n) is 6.09. The van der Waals surface area contributed by atoms with Crippen LogP contribution in [0.25, 0.3) is 10.8 Å². The van der Waals surface area contributed by atoms with Gasteiger partial charge in [0, 0.05) is 5.56 Å². The third kappa shape index (κ3) is 6.56. The van der Waals surface area contributed by atoms with Crippen LogP contribution in [0.1, 0.15) is 73.4 Å². The molecule has 3 rings (SSSR count). The van der Waals surface area contributed by atoms with E-state index in [1.807, 2.05) is 13.0 Å². The molecule has 0 saturated carbocycles. The topological polar surface area (TPSA) is 107 Å². The highest BCUT2D eigenvalue weighted by atomic mass is 16.5. The maximum absolute atomic E-state index is 11.2. The molecule has 4 N–H and O–H groups in total. The van der Waals surface area contributed by atoms with Gasteiger partial charge in [0.05, 0.1) is 6.61 Å². The lowest BCUT2D eigenvalue weighted by molar-refractivity contribution is 0.0693. The van der Waals surface area contributed by atoms with Gasteiger partial charge in [0.2, 0.25) is 0 Å². The van der Waals surface area contributed by atoms with Gasteiger partial charge in [-0.2, -0.15) is 0 Å². The molecule has 0 aliphatic carbocycles. The van der Waals surface area contributed by atoms with E-state index >= 15 is 0 Å². The zero-order valence-electron chi connectivity index (χ0n) is 19.7. The molecule has 0 amide bonds. The fourth-order valence-electron chi connectivity index (χ4n) is 4.22. The van der Waals surface area contributed by atoms with Crippen LogP contribution < -0.4 is 4.74 Å². The Bertz CT molecular complexity index is 1120. The largest absolute Gasteiger partial charge is 0.507 e. The van der Waals surface area contributed by atoms with Gasteiger partial charge >= 0.3 is 5.97 Å². The lowest BCUT2D eigenvalue weighted by Gasteiger charge is -2.14. The van der Waals surface area contributed by atoms with E-state index in [4.69, 9.17) is 4.74 Å². The van der Waals surface area contributed by atoms with Crippen LogP contribution in [0, 0.1) is 0 Å². The number of unbranched alkanes of at least 4 members (excludes halogenated alkanes) is 5. The molecule has 6 heteroatoms. The summed E-state index contributed by atoms with van der Waals surface area (Å²) in [6, 6.07) is 12.3. The number of benzene rings is 3. The number of phenolic OH excluding ortho intramolecular Hbond substituents is 2. The second kappa shape index (κ2) is 12.2. The van der Waals surface area contributed by atoms with Gasteiger partial charge in [0.15, 0.2) is 11.5 Å². The van der Waals surface area contributed by atoms with Gasteiger partial charge in [-0.05, 0) is 66.3 Å². The Hall–Kier alpha value is -3.41. The van der Waals surface area contributed by atoms with E-state index < -0.39 is 5.97 Å². The first-order chi connectivity index (χ1) is 16.4.